The molecule has 5 heteroatoms. The Kier molecular flexibility index (Phi) is 3.32. The van der Waals surface area contributed by atoms with Gasteiger partial charge in [0.05, 0.1) is 17.5 Å². The number of nitrogens with zero attached hydrogens (tertiary/aromatic N) is 1. The highest BCUT2D eigenvalue weighted by Crippen LogP contribution is 2.45. The fourth-order valence-electron chi connectivity index (χ4n) is 3.67. The number of anilines is 1. The monoisotopic (exact) mass is 302 g/mol. The highest BCUT2D eigenvalue weighted by molar-refractivity contribution is 7.80. The van der Waals surface area contributed by atoms with Gasteiger partial charge < -0.3 is 5.73 Å². The molecule has 2 amide bonds. The number of rotatable bonds is 2. The molecule has 2 N–H and O–H groups in total. The first-order valence-electron chi connectivity index (χ1n) is 7.19. The van der Waals surface area contributed by atoms with Crippen LogP contribution in [0.2, 0.25) is 0 Å². The third-order valence-electron chi connectivity index (χ3n) is 4.61. The van der Waals surface area contributed by atoms with Crippen molar-refractivity contribution in [3.05, 3.63) is 29.3 Å². The van der Waals surface area contributed by atoms with Crippen LogP contribution in [0, 0.1) is 24.7 Å². The van der Waals surface area contributed by atoms with Crippen LogP contribution < -0.4 is 10.6 Å². The molecule has 1 aromatic carbocycles. The van der Waals surface area contributed by atoms with Crippen molar-refractivity contribution >= 4 is 34.7 Å². The number of aryl methyl sites for hydroxylation is 1. The van der Waals surface area contributed by atoms with Gasteiger partial charge in [0, 0.05) is 5.56 Å². The van der Waals surface area contributed by atoms with Gasteiger partial charge in [0.15, 0.2) is 0 Å². The van der Waals surface area contributed by atoms with E-state index in [4.69, 9.17) is 18.0 Å². The third kappa shape index (κ3) is 2.07. The molecule has 2 aliphatic rings. The molecule has 2 unspecified atom stereocenters. The van der Waals surface area contributed by atoms with Crippen LogP contribution in [0.1, 0.15) is 30.9 Å². The molecule has 1 saturated carbocycles. The maximum absolute atomic E-state index is 12.7. The van der Waals surface area contributed by atoms with Crippen LogP contribution in [0.25, 0.3) is 0 Å². The zero-order valence-corrected chi connectivity index (χ0v) is 12.9. The summed E-state index contributed by atoms with van der Waals surface area (Å²) < 4.78 is 0. The Labute approximate surface area is 129 Å². The van der Waals surface area contributed by atoms with Crippen molar-refractivity contribution in [1.82, 2.24) is 0 Å². The minimum atomic E-state index is -0.174. The van der Waals surface area contributed by atoms with Crippen molar-refractivity contribution in [3.63, 3.8) is 0 Å². The lowest BCUT2D eigenvalue weighted by Crippen LogP contribution is -2.34. The largest absolute Gasteiger partial charge is 0.389 e. The first-order valence-corrected chi connectivity index (χ1v) is 7.60. The Hall–Kier alpha value is -1.75. The van der Waals surface area contributed by atoms with Gasteiger partial charge in [-0.2, -0.15) is 0 Å². The van der Waals surface area contributed by atoms with Gasteiger partial charge in [0.1, 0.15) is 4.99 Å². The van der Waals surface area contributed by atoms with Crippen molar-refractivity contribution < 1.29 is 9.59 Å². The molecule has 2 atom stereocenters. The molecule has 1 saturated heterocycles. The molecule has 110 valence electrons. The standard InChI is InChI=1S/C16H18N2O2S/c1-8-6-10-11(7-8)16(20)18(15(10)19)12-5-3-4-9(2)13(12)14(17)21/h3-5,8,10-11H,6-7H2,1-2H3,(H2,17,21). The maximum atomic E-state index is 12.7. The average Bonchev–Trinajstić information content (AvgIpc) is 2.88. The molecule has 0 bridgehead atoms. The van der Waals surface area contributed by atoms with E-state index in [9.17, 15) is 9.59 Å². The van der Waals surface area contributed by atoms with E-state index in [0.717, 1.165) is 18.4 Å². The van der Waals surface area contributed by atoms with E-state index < -0.39 is 0 Å². The second-order valence-electron chi connectivity index (χ2n) is 6.13. The van der Waals surface area contributed by atoms with E-state index in [-0.39, 0.29) is 28.6 Å². The topological polar surface area (TPSA) is 63.4 Å². The number of hydrogen-bond acceptors (Lipinski definition) is 3. The Morgan fingerprint density at radius 3 is 2.33 bits per heavy atom. The molecule has 1 aromatic rings. The molecule has 21 heavy (non-hydrogen) atoms. The van der Waals surface area contributed by atoms with E-state index in [1.54, 1.807) is 6.07 Å². The Morgan fingerprint density at radius 2 is 1.81 bits per heavy atom. The van der Waals surface area contributed by atoms with Crippen molar-refractivity contribution in [2.75, 3.05) is 4.90 Å². The number of carbonyl (C=O) groups excluding carboxylic acids is 2. The zero-order chi connectivity index (χ0) is 15.3. The van der Waals surface area contributed by atoms with Crippen molar-refractivity contribution in [3.8, 4) is 0 Å². The van der Waals surface area contributed by atoms with Crippen LogP contribution >= 0.6 is 12.2 Å². The van der Waals surface area contributed by atoms with Crippen LogP contribution in [0.4, 0.5) is 5.69 Å². The average molecular weight is 302 g/mol. The summed E-state index contributed by atoms with van der Waals surface area (Å²) in [4.78, 5) is 26.8. The van der Waals surface area contributed by atoms with Crippen molar-refractivity contribution in [2.45, 2.75) is 26.7 Å². The number of hydrogen-bond donors (Lipinski definition) is 1. The summed E-state index contributed by atoms with van der Waals surface area (Å²) in [6.45, 7) is 3.97. The lowest BCUT2D eigenvalue weighted by molar-refractivity contribution is -0.123. The predicted molar refractivity (Wildman–Crippen MR) is 84.9 cm³/mol. The first-order chi connectivity index (χ1) is 9.91. The van der Waals surface area contributed by atoms with Gasteiger partial charge in [-0.3, -0.25) is 9.59 Å². The number of imide groups is 1. The molecule has 0 radical (unpaired) electrons. The van der Waals surface area contributed by atoms with Crippen LogP contribution in [0.15, 0.2) is 18.2 Å². The van der Waals surface area contributed by atoms with Gasteiger partial charge in [0.25, 0.3) is 0 Å². The third-order valence-corrected chi connectivity index (χ3v) is 4.82. The highest BCUT2D eigenvalue weighted by Gasteiger charge is 2.52. The molecular weight excluding hydrogens is 284 g/mol. The SMILES string of the molecule is Cc1cccc(N2C(=O)C3CC(C)CC3C2=O)c1C(N)=S. The molecule has 0 aromatic heterocycles. The summed E-state index contributed by atoms with van der Waals surface area (Å²) >= 11 is 5.10. The minimum Gasteiger partial charge on any atom is -0.389 e. The minimum absolute atomic E-state index is 0.0996. The molecule has 1 heterocycles. The van der Waals surface area contributed by atoms with Gasteiger partial charge in [0.2, 0.25) is 11.8 Å². The summed E-state index contributed by atoms with van der Waals surface area (Å²) in [5, 5.41) is 0. The second-order valence-corrected chi connectivity index (χ2v) is 6.57. The van der Waals surface area contributed by atoms with E-state index in [1.807, 2.05) is 19.1 Å². The highest BCUT2D eigenvalue weighted by atomic mass is 32.1. The van der Waals surface area contributed by atoms with Crippen LogP contribution in [0.5, 0.6) is 0 Å². The van der Waals surface area contributed by atoms with Crippen molar-refractivity contribution in [1.29, 1.82) is 0 Å². The number of thiocarbonyl (C=S) groups is 1. The molecule has 0 spiro atoms. The summed E-state index contributed by atoms with van der Waals surface area (Å²) in [7, 11) is 0. The van der Waals surface area contributed by atoms with E-state index in [0.29, 0.717) is 17.2 Å². The van der Waals surface area contributed by atoms with Gasteiger partial charge in [-0.15, -0.1) is 0 Å². The van der Waals surface area contributed by atoms with E-state index in [2.05, 4.69) is 6.92 Å². The smallest absolute Gasteiger partial charge is 0.237 e. The van der Waals surface area contributed by atoms with Crippen molar-refractivity contribution in [2.24, 2.45) is 23.5 Å². The molecule has 4 nitrogen and oxygen atoms in total. The van der Waals surface area contributed by atoms with Gasteiger partial charge in [-0.05, 0) is 37.3 Å². The number of carbonyl (C=O) groups is 2. The zero-order valence-electron chi connectivity index (χ0n) is 12.1. The lowest BCUT2D eigenvalue weighted by atomic mass is 10.00. The van der Waals surface area contributed by atoms with E-state index in [1.165, 1.54) is 4.90 Å². The molecule has 3 rings (SSSR count). The fraction of sp³-hybridized carbons (Fsp3) is 0.438. The van der Waals surface area contributed by atoms with Crippen LogP contribution in [-0.2, 0) is 9.59 Å². The second kappa shape index (κ2) is 4.91. The molecule has 1 aliphatic carbocycles. The summed E-state index contributed by atoms with van der Waals surface area (Å²) in [6, 6.07) is 5.46. The predicted octanol–water partition coefficient (Wildman–Crippen LogP) is 2.16. The summed E-state index contributed by atoms with van der Waals surface area (Å²) in [5.74, 6) is -0.114. The molecule has 2 fully saturated rings. The Bertz CT molecular complexity index is 632. The van der Waals surface area contributed by atoms with Crippen LogP contribution in [0.3, 0.4) is 0 Å². The van der Waals surface area contributed by atoms with Gasteiger partial charge >= 0.3 is 0 Å². The van der Waals surface area contributed by atoms with E-state index >= 15 is 0 Å². The number of fused-ring (bicyclic) bond motifs is 1. The summed E-state index contributed by atoms with van der Waals surface area (Å²) in [5.41, 5.74) is 7.84. The first kappa shape index (κ1) is 14.2. The Morgan fingerprint density at radius 1 is 1.24 bits per heavy atom. The summed E-state index contributed by atoms with van der Waals surface area (Å²) in [6.07, 6.45) is 1.58. The number of amides is 2. The Balaban J connectivity index is 2.07. The normalized spacial score (nSPS) is 28.1. The van der Waals surface area contributed by atoms with Gasteiger partial charge in [-0.1, -0.05) is 31.3 Å². The maximum Gasteiger partial charge on any atom is 0.237 e. The quantitative estimate of drug-likeness (QED) is 0.672. The van der Waals surface area contributed by atoms with Crippen LogP contribution in [-0.4, -0.2) is 16.8 Å². The molecular formula is C16H18N2O2S. The number of nitrogens with two attached hydrogens (primary N) is 1. The number of benzene rings is 1. The van der Waals surface area contributed by atoms with Gasteiger partial charge in [-0.25, -0.2) is 4.90 Å². The molecule has 1 aliphatic heterocycles. The lowest BCUT2D eigenvalue weighted by Gasteiger charge is -2.21. The fourth-order valence-corrected chi connectivity index (χ4v) is 3.94.